The maximum Gasteiger partial charge on any atom is 0.309 e. The van der Waals surface area contributed by atoms with Gasteiger partial charge >= 0.3 is 5.97 Å². The first-order chi connectivity index (χ1) is 7.66. The van der Waals surface area contributed by atoms with Crippen molar-refractivity contribution in [2.75, 3.05) is 13.2 Å². The van der Waals surface area contributed by atoms with E-state index in [1.165, 1.54) is 0 Å². The summed E-state index contributed by atoms with van der Waals surface area (Å²) in [6.07, 6.45) is 3.72. The first kappa shape index (κ1) is 11.9. The van der Waals surface area contributed by atoms with Crippen LogP contribution in [0.2, 0.25) is 0 Å². The molecule has 0 amide bonds. The summed E-state index contributed by atoms with van der Waals surface area (Å²) in [4.78, 5) is 11.7. The highest BCUT2D eigenvalue weighted by atomic mass is 16.6. The standard InChI is InChI=1S/C12H20O4/c1-8(2)14-5-6-15-12(13)9-3-4-10-11(7-9)16-10/h8-11H,3-7H2,1-2H3. The summed E-state index contributed by atoms with van der Waals surface area (Å²) in [5.41, 5.74) is 0. The van der Waals surface area contributed by atoms with E-state index >= 15 is 0 Å². The Balaban J connectivity index is 1.60. The van der Waals surface area contributed by atoms with Gasteiger partial charge in [-0.1, -0.05) is 0 Å². The number of fused-ring (bicyclic) bond motifs is 1. The van der Waals surface area contributed by atoms with Crippen LogP contribution >= 0.6 is 0 Å². The fourth-order valence-corrected chi connectivity index (χ4v) is 2.16. The van der Waals surface area contributed by atoms with Crippen molar-refractivity contribution in [2.24, 2.45) is 5.92 Å². The summed E-state index contributed by atoms with van der Waals surface area (Å²) in [5, 5.41) is 0. The first-order valence-electron chi connectivity index (χ1n) is 6.10. The zero-order valence-corrected chi connectivity index (χ0v) is 9.98. The van der Waals surface area contributed by atoms with Crippen LogP contribution in [0.5, 0.6) is 0 Å². The summed E-state index contributed by atoms with van der Waals surface area (Å²) in [6.45, 7) is 4.78. The average molecular weight is 228 g/mol. The molecule has 92 valence electrons. The second-order valence-corrected chi connectivity index (χ2v) is 4.81. The van der Waals surface area contributed by atoms with Crippen LogP contribution in [0.1, 0.15) is 33.1 Å². The van der Waals surface area contributed by atoms with E-state index in [0.29, 0.717) is 25.4 Å². The molecule has 1 aliphatic carbocycles. The second kappa shape index (κ2) is 5.15. The molecular weight excluding hydrogens is 208 g/mol. The number of hydrogen-bond acceptors (Lipinski definition) is 4. The summed E-state index contributed by atoms with van der Waals surface area (Å²) in [6, 6.07) is 0. The van der Waals surface area contributed by atoms with Gasteiger partial charge < -0.3 is 14.2 Å². The Labute approximate surface area is 96.2 Å². The molecule has 3 atom stereocenters. The molecule has 1 heterocycles. The highest BCUT2D eigenvalue weighted by molar-refractivity contribution is 5.72. The van der Waals surface area contributed by atoms with Crippen LogP contribution in [0, 0.1) is 5.92 Å². The summed E-state index contributed by atoms with van der Waals surface area (Å²) < 4.78 is 15.9. The van der Waals surface area contributed by atoms with Crippen LogP contribution in [-0.4, -0.2) is 37.5 Å². The van der Waals surface area contributed by atoms with E-state index < -0.39 is 0 Å². The Morgan fingerprint density at radius 3 is 2.81 bits per heavy atom. The molecule has 0 spiro atoms. The molecule has 0 aromatic carbocycles. The normalized spacial score (nSPS) is 32.3. The molecular formula is C12H20O4. The van der Waals surface area contributed by atoms with E-state index in [1.807, 2.05) is 13.8 Å². The van der Waals surface area contributed by atoms with E-state index in [-0.39, 0.29) is 18.0 Å². The third kappa shape index (κ3) is 3.19. The molecule has 1 saturated heterocycles. The SMILES string of the molecule is CC(C)OCCOC(=O)C1CCC2OC2C1. The molecule has 0 aromatic heterocycles. The molecule has 1 aliphatic heterocycles. The van der Waals surface area contributed by atoms with Gasteiger partial charge in [0.15, 0.2) is 0 Å². The molecule has 16 heavy (non-hydrogen) atoms. The number of rotatable bonds is 5. The minimum absolute atomic E-state index is 0.0443. The lowest BCUT2D eigenvalue weighted by Crippen LogP contribution is -2.25. The van der Waals surface area contributed by atoms with E-state index in [4.69, 9.17) is 14.2 Å². The topological polar surface area (TPSA) is 48.1 Å². The zero-order chi connectivity index (χ0) is 11.5. The van der Waals surface area contributed by atoms with E-state index in [2.05, 4.69) is 0 Å². The van der Waals surface area contributed by atoms with Gasteiger partial charge in [-0.25, -0.2) is 0 Å². The fourth-order valence-electron chi connectivity index (χ4n) is 2.16. The first-order valence-corrected chi connectivity index (χ1v) is 6.10. The molecule has 2 rings (SSSR count). The second-order valence-electron chi connectivity index (χ2n) is 4.81. The molecule has 0 bridgehead atoms. The largest absolute Gasteiger partial charge is 0.463 e. The third-order valence-corrected chi connectivity index (χ3v) is 3.12. The van der Waals surface area contributed by atoms with Crippen molar-refractivity contribution in [1.82, 2.24) is 0 Å². The number of ether oxygens (including phenoxy) is 3. The number of carbonyl (C=O) groups excluding carboxylic acids is 1. The lowest BCUT2D eigenvalue weighted by atomic mass is 9.89. The molecule has 4 nitrogen and oxygen atoms in total. The van der Waals surface area contributed by atoms with Gasteiger partial charge in [0.1, 0.15) is 6.61 Å². The minimum atomic E-state index is -0.0821. The van der Waals surface area contributed by atoms with Crippen LogP contribution in [0.25, 0.3) is 0 Å². The fraction of sp³-hybridized carbons (Fsp3) is 0.917. The van der Waals surface area contributed by atoms with Crippen LogP contribution in [-0.2, 0) is 19.0 Å². The zero-order valence-electron chi connectivity index (χ0n) is 9.98. The van der Waals surface area contributed by atoms with Crippen molar-refractivity contribution < 1.29 is 19.0 Å². The molecule has 3 unspecified atom stereocenters. The number of carbonyl (C=O) groups is 1. The van der Waals surface area contributed by atoms with Crippen molar-refractivity contribution in [2.45, 2.75) is 51.4 Å². The molecule has 4 heteroatoms. The molecule has 0 N–H and O–H groups in total. The molecule has 0 radical (unpaired) electrons. The average Bonchev–Trinajstić information content (AvgIpc) is 3.01. The van der Waals surface area contributed by atoms with Crippen molar-refractivity contribution in [3.8, 4) is 0 Å². The van der Waals surface area contributed by atoms with Crippen molar-refractivity contribution in [3.63, 3.8) is 0 Å². The summed E-state index contributed by atoms with van der Waals surface area (Å²) in [7, 11) is 0. The van der Waals surface area contributed by atoms with Crippen molar-refractivity contribution in [1.29, 1.82) is 0 Å². The number of hydrogen-bond donors (Lipinski definition) is 0. The van der Waals surface area contributed by atoms with Crippen molar-refractivity contribution >= 4 is 5.97 Å². The summed E-state index contributed by atoms with van der Waals surface area (Å²) in [5.74, 6) is -0.0379. The maximum absolute atomic E-state index is 11.7. The van der Waals surface area contributed by atoms with Crippen molar-refractivity contribution in [3.05, 3.63) is 0 Å². The van der Waals surface area contributed by atoms with Crippen LogP contribution in [0.3, 0.4) is 0 Å². The van der Waals surface area contributed by atoms with Gasteiger partial charge in [-0.3, -0.25) is 4.79 Å². The third-order valence-electron chi connectivity index (χ3n) is 3.12. The smallest absolute Gasteiger partial charge is 0.309 e. The quantitative estimate of drug-likeness (QED) is 0.406. The lowest BCUT2D eigenvalue weighted by Gasteiger charge is -2.17. The highest BCUT2D eigenvalue weighted by Crippen LogP contribution is 2.39. The Morgan fingerprint density at radius 1 is 1.31 bits per heavy atom. The molecule has 1 saturated carbocycles. The van der Waals surface area contributed by atoms with Gasteiger partial charge in [0.2, 0.25) is 0 Å². The van der Waals surface area contributed by atoms with Gasteiger partial charge in [-0.15, -0.1) is 0 Å². The number of esters is 1. The van der Waals surface area contributed by atoms with Crippen LogP contribution < -0.4 is 0 Å². The van der Waals surface area contributed by atoms with E-state index in [9.17, 15) is 4.79 Å². The van der Waals surface area contributed by atoms with E-state index in [0.717, 1.165) is 19.3 Å². The van der Waals surface area contributed by atoms with Crippen LogP contribution in [0.4, 0.5) is 0 Å². The van der Waals surface area contributed by atoms with Gasteiger partial charge in [0.05, 0.1) is 30.8 Å². The minimum Gasteiger partial charge on any atom is -0.463 e. The highest BCUT2D eigenvalue weighted by Gasteiger charge is 2.46. The molecule has 0 aromatic rings. The lowest BCUT2D eigenvalue weighted by molar-refractivity contribution is -0.151. The van der Waals surface area contributed by atoms with E-state index in [1.54, 1.807) is 0 Å². The van der Waals surface area contributed by atoms with Gasteiger partial charge in [-0.05, 0) is 33.1 Å². The maximum atomic E-state index is 11.7. The number of epoxide rings is 1. The Morgan fingerprint density at radius 2 is 2.12 bits per heavy atom. The molecule has 2 aliphatic rings. The van der Waals surface area contributed by atoms with Gasteiger partial charge in [-0.2, -0.15) is 0 Å². The predicted molar refractivity (Wildman–Crippen MR) is 58.0 cm³/mol. The van der Waals surface area contributed by atoms with Crippen LogP contribution in [0.15, 0.2) is 0 Å². The Bertz CT molecular complexity index is 251. The predicted octanol–water partition coefficient (Wildman–Crippen LogP) is 1.52. The monoisotopic (exact) mass is 228 g/mol. The van der Waals surface area contributed by atoms with Gasteiger partial charge in [0, 0.05) is 0 Å². The molecule has 2 fully saturated rings. The Hall–Kier alpha value is -0.610. The summed E-state index contributed by atoms with van der Waals surface area (Å²) >= 11 is 0. The van der Waals surface area contributed by atoms with Gasteiger partial charge in [0.25, 0.3) is 0 Å². The Kier molecular flexibility index (Phi) is 3.82.